The fourth-order valence-corrected chi connectivity index (χ4v) is 1.68. The molecule has 14 heavy (non-hydrogen) atoms. The van der Waals surface area contributed by atoms with Crippen LogP contribution in [0.25, 0.3) is 0 Å². The maximum Gasteiger partial charge on any atom is 0.104 e. The number of allylic oxidation sites excluding steroid dienone is 4. The van der Waals surface area contributed by atoms with Gasteiger partial charge in [0.15, 0.2) is 0 Å². The zero-order chi connectivity index (χ0) is 9.97. The van der Waals surface area contributed by atoms with Gasteiger partial charge in [0.2, 0.25) is 0 Å². The van der Waals surface area contributed by atoms with Gasteiger partial charge in [-0.2, -0.15) is 0 Å². The number of hydrogen-bond acceptors (Lipinski definition) is 1. The topological polar surface area (TPSA) is 20.2 Å². The number of hydrogen-bond donors (Lipinski definition) is 1. The molecule has 1 N–H and O–H groups in total. The molecule has 1 aliphatic carbocycles. The van der Waals surface area contributed by atoms with Crippen molar-refractivity contribution in [3.63, 3.8) is 0 Å². The minimum atomic E-state index is -0.0683. The van der Waals surface area contributed by atoms with E-state index in [2.05, 4.69) is 6.58 Å². The molecular formula is C13H12O. The lowest BCUT2D eigenvalue weighted by Gasteiger charge is -2.19. The largest absolute Gasteiger partial charge is 0.511 e. The zero-order valence-electron chi connectivity index (χ0n) is 7.85. The third kappa shape index (κ3) is 1.49. The van der Waals surface area contributed by atoms with Gasteiger partial charge in [-0.25, -0.2) is 0 Å². The van der Waals surface area contributed by atoms with E-state index < -0.39 is 0 Å². The average Bonchev–Trinajstić information content (AvgIpc) is 2.19. The number of aliphatic hydroxyl groups is 1. The van der Waals surface area contributed by atoms with Crippen LogP contribution in [-0.2, 0) is 0 Å². The van der Waals surface area contributed by atoms with Gasteiger partial charge in [0.1, 0.15) is 5.76 Å². The highest BCUT2D eigenvalue weighted by molar-refractivity contribution is 5.44. The van der Waals surface area contributed by atoms with E-state index in [-0.39, 0.29) is 5.92 Å². The first-order chi connectivity index (χ1) is 6.79. The van der Waals surface area contributed by atoms with Gasteiger partial charge in [0, 0.05) is 0 Å². The van der Waals surface area contributed by atoms with Crippen LogP contribution in [0.2, 0.25) is 0 Å². The van der Waals surface area contributed by atoms with Crippen LogP contribution in [0.4, 0.5) is 0 Å². The molecule has 0 fully saturated rings. The van der Waals surface area contributed by atoms with Crippen molar-refractivity contribution >= 4 is 0 Å². The Kier molecular flexibility index (Phi) is 2.23. The third-order valence-electron chi connectivity index (χ3n) is 2.38. The quantitative estimate of drug-likeness (QED) is 0.709. The molecule has 1 aliphatic rings. The molecular weight excluding hydrogens is 172 g/mol. The zero-order valence-corrected chi connectivity index (χ0v) is 7.85. The van der Waals surface area contributed by atoms with Gasteiger partial charge in [-0.3, -0.25) is 0 Å². The highest BCUT2D eigenvalue weighted by atomic mass is 16.3. The molecule has 0 radical (unpaired) electrons. The average molecular weight is 184 g/mol. The Hall–Kier alpha value is -1.76. The van der Waals surface area contributed by atoms with Crippen molar-refractivity contribution in [2.45, 2.75) is 5.92 Å². The molecule has 0 amide bonds. The SMILES string of the molecule is C=C1C=CC=C(O)C1c1ccccc1. The second kappa shape index (κ2) is 3.54. The molecule has 0 bridgehead atoms. The molecule has 0 saturated heterocycles. The molecule has 1 nitrogen and oxygen atoms in total. The summed E-state index contributed by atoms with van der Waals surface area (Å²) >= 11 is 0. The molecule has 0 saturated carbocycles. The summed E-state index contributed by atoms with van der Waals surface area (Å²) in [6.07, 6.45) is 5.46. The first kappa shape index (κ1) is 8.82. The summed E-state index contributed by atoms with van der Waals surface area (Å²) < 4.78 is 0. The maximum atomic E-state index is 9.74. The van der Waals surface area contributed by atoms with E-state index in [1.54, 1.807) is 6.08 Å². The summed E-state index contributed by atoms with van der Waals surface area (Å²) in [4.78, 5) is 0. The van der Waals surface area contributed by atoms with Crippen molar-refractivity contribution in [2.75, 3.05) is 0 Å². The van der Waals surface area contributed by atoms with Crippen LogP contribution in [0.15, 0.2) is 66.5 Å². The van der Waals surface area contributed by atoms with Gasteiger partial charge in [-0.05, 0) is 17.2 Å². The highest BCUT2D eigenvalue weighted by Crippen LogP contribution is 2.32. The van der Waals surface area contributed by atoms with Gasteiger partial charge in [0.05, 0.1) is 5.92 Å². The number of benzene rings is 1. The van der Waals surface area contributed by atoms with Crippen LogP contribution in [0, 0.1) is 0 Å². The Morgan fingerprint density at radius 2 is 1.86 bits per heavy atom. The molecule has 1 aromatic carbocycles. The molecule has 0 spiro atoms. The second-order valence-electron chi connectivity index (χ2n) is 3.37. The normalized spacial score (nSPS) is 20.7. The predicted octanol–water partition coefficient (Wildman–Crippen LogP) is 3.34. The van der Waals surface area contributed by atoms with Gasteiger partial charge in [0.25, 0.3) is 0 Å². The number of aliphatic hydroxyl groups excluding tert-OH is 1. The lowest BCUT2D eigenvalue weighted by Crippen LogP contribution is -2.06. The van der Waals surface area contributed by atoms with Crippen LogP contribution in [0.3, 0.4) is 0 Å². The summed E-state index contributed by atoms with van der Waals surface area (Å²) in [6, 6.07) is 9.90. The molecule has 70 valence electrons. The first-order valence-electron chi connectivity index (χ1n) is 4.60. The molecule has 1 heteroatoms. The Morgan fingerprint density at radius 3 is 2.50 bits per heavy atom. The smallest absolute Gasteiger partial charge is 0.104 e. The van der Waals surface area contributed by atoms with Gasteiger partial charge < -0.3 is 5.11 Å². The van der Waals surface area contributed by atoms with E-state index in [4.69, 9.17) is 0 Å². The third-order valence-corrected chi connectivity index (χ3v) is 2.38. The monoisotopic (exact) mass is 184 g/mol. The van der Waals surface area contributed by atoms with Crippen LogP contribution in [0.1, 0.15) is 11.5 Å². The van der Waals surface area contributed by atoms with Crippen molar-refractivity contribution in [3.05, 3.63) is 72.0 Å². The second-order valence-corrected chi connectivity index (χ2v) is 3.37. The fraction of sp³-hybridized carbons (Fsp3) is 0.0769. The molecule has 2 rings (SSSR count). The van der Waals surface area contributed by atoms with E-state index >= 15 is 0 Å². The van der Waals surface area contributed by atoms with E-state index in [1.165, 1.54) is 0 Å². The van der Waals surface area contributed by atoms with Crippen molar-refractivity contribution in [3.8, 4) is 0 Å². The minimum absolute atomic E-state index is 0.0683. The van der Waals surface area contributed by atoms with E-state index in [9.17, 15) is 5.11 Å². The van der Waals surface area contributed by atoms with Crippen LogP contribution < -0.4 is 0 Å². The lowest BCUT2D eigenvalue weighted by atomic mass is 9.87. The molecule has 0 aliphatic heterocycles. The fourth-order valence-electron chi connectivity index (χ4n) is 1.68. The van der Waals surface area contributed by atoms with Crippen molar-refractivity contribution in [1.29, 1.82) is 0 Å². The molecule has 1 aromatic rings. The predicted molar refractivity (Wildman–Crippen MR) is 58.2 cm³/mol. The lowest BCUT2D eigenvalue weighted by molar-refractivity contribution is 0.380. The summed E-state index contributed by atoms with van der Waals surface area (Å²) in [5, 5.41) is 9.74. The standard InChI is InChI=1S/C13H12O/c1-10-6-5-9-12(14)13(10)11-7-3-2-4-8-11/h2-9,13-14H,1H2. The summed E-state index contributed by atoms with van der Waals surface area (Å²) in [6.45, 7) is 3.93. The Balaban J connectivity index is 2.40. The van der Waals surface area contributed by atoms with E-state index in [1.807, 2.05) is 42.5 Å². The van der Waals surface area contributed by atoms with Crippen molar-refractivity contribution in [1.82, 2.24) is 0 Å². The Bertz CT molecular complexity index is 399. The van der Waals surface area contributed by atoms with Gasteiger partial charge in [-0.1, -0.05) is 49.1 Å². The summed E-state index contributed by atoms with van der Waals surface area (Å²) in [5.74, 6) is 0.296. The van der Waals surface area contributed by atoms with Crippen LogP contribution in [0.5, 0.6) is 0 Å². The molecule has 1 atom stereocenters. The van der Waals surface area contributed by atoms with Gasteiger partial charge >= 0.3 is 0 Å². The van der Waals surface area contributed by atoms with Gasteiger partial charge in [-0.15, -0.1) is 0 Å². The van der Waals surface area contributed by atoms with Crippen molar-refractivity contribution < 1.29 is 5.11 Å². The van der Waals surface area contributed by atoms with Crippen LogP contribution >= 0.6 is 0 Å². The van der Waals surface area contributed by atoms with E-state index in [0.29, 0.717) is 5.76 Å². The molecule has 0 heterocycles. The summed E-state index contributed by atoms with van der Waals surface area (Å²) in [7, 11) is 0. The Morgan fingerprint density at radius 1 is 1.14 bits per heavy atom. The number of rotatable bonds is 1. The van der Waals surface area contributed by atoms with E-state index in [0.717, 1.165) is 11.1 Å². The Labute approximate surface area is 83.7 Å². The molecule has 1 unspecified atom stereocenters. The first-order valence-corrected chi connectivity index (χ1v) is 4.60. The van der Waals surface area contributed by atoms with Crippen molar-refractivity contribution in [2.24, 2.45) is 0 Å². The molecule has 0 aromatic heterocycles. The maximum absolute atomic E-state index is 9.74. The highest BCUT2D eigenvalue weighted by Gasteiger charge is 2.19. The summed E-state index contributed by atoms with van der Waals surface area (Å²) in [5.41, 5.74) is 2.01. The van der Waals surface area contributed by atoms with Crippen LogP contribution in [-0.4, -0.2) is 5.11 Å². The minimum Gasteiger partial charge on any atom is -0.511 e.